The van der Waals surface area contributed by atoms with Gasteiger partial charge in [-0.15, -0.1) is 0 Å². The van der Waals surface area contributed by atoms with Gasteiger partial charge in [0, 0.05) is 10.6 Å². The van der Waals surface area contributed by atoms with Crippen LogP contribution in [-0.2, 0) is 23.2 Å². The molecule has 0 unspecified atom stereocenters. The van der Waals surface area contributed by atoms with Crippen LogP contribution in [0.2, 0.25) is 5.02 Å². The van der Waals surface area contributed by atoms with E-state index in [2.05, 4.69) is 10.5 Å². The maximum absolute atomic E-state index is 13.7. The zero-order valence-corrected chi connectivity index (χ0v) is 25.5. The summed E-state index contributed by atoms with van der Waals surface area (Å²) < 4.78 is 34.6. The van der Waals surface area contributed by atoms with Crippen LogP contribution < -0.4 is 14.5 Å². The molecule has 0 aliphatic heterocycles. The van der Waals surface area contributed by atoms with Gasteiger partial charge >= 0.3 is 0 Å². The summed E-state index contributed by atoms with van der Waals surface area (Å²) in [6.45, 7) is 2.36. The number of benzene rings is 5. The average molecular weight is 624 g/mol. The monoisotopic (exact) mass is 623 g/mol. The molecular weight excluding hydrogens is 594 g/mol. The quantitative estimate of drug-likeness (QED) is 0.123. The Labute approximate surface area is 262 Å². The van der Waals surface area contributed by atoms with Crippen LogP contribution >= 0.6 is 11.6 Å². The number of carbonyl (C=O) groups excluding carboxylic acids is 1. The molecule has 0 aliphatic carbocycles. The second kappa shape index (κ2) is 14.0. The highest BCUT2D eigenvalue weighted by Gasteiger charge is 2.26. The lowest BCUT2D eigenvalue weighted by molar-refractivity contribution is 0.0955. The summed E-state index contributed by atoms with van der Waals surface area (Å²) in [4.78, 5) is 12.9. The molecule has 9 heteroatoms. The van der Waals surface area contributed by atoms with Gasteiger partial charge in [-0.25, -0.2) is 13.8 Å². The normalized spacial score (nSPS) is 11.3. The summed E-state index contributed by atoms with van der Waals surface area (Å²) in [5, 5.41) is 4.50. The second-order valence-corrected chi connectivity index (χ2v) is 12.3. The average Bonchev–Trinajstić information content (AvgIpc) is 3.05. The van der Waals surface area contributed by atoms with E-state index in [1.807, 2.05) is 61.5 Å². The number of nitrogens with zero attached hydrogens (tertiary/aromatic N) is 2. The third kappa shape index (κ3) is 7.72. The van der Waals surface area contributed by atoms with Gasteiger partial charge in [-0.2, -0.15) is 5.10 Å². The molecule has 1 N–H and O–H groups in total. The number of amides is 1. The van der Waals surface area contributed by atoms with Crippen molar-refractivity contribution in [2.75, 3.05) is 4.31 Å². The van der Waals surface area contributed by atoms with Crippen molar-refractivity contribution in [3.8, 4) is 5.75 Å². The van der Waals surface area contributed by atoms with Crippen LogP contribution in [0.25, 0.3) is 0 Å². The Morgan fingerprint density at radius 3 is 2.18 bits per heavy atom. The van der Waals surface area contributed by atoms with E-state index in [0.717, 1.165) is 22.4 Å². The van der Waals surface area contributed by atoms with Crippen molar-refractivity contribution in [3.63, 3.8) is 0 Å². The van der Waals surface area contributed by atoms with Crippen LogP contribution in [0, 0.1) is 6.92 Å². The Morgan fingerprint density at radius 2 is 1.50 bits per heavy atom. The molecule has 0 atom stereocenters. The van der Waals surface area contributed by atoms with E-state index >= 15 is 0 Å². The van der Waals surface area contributed by atoms with Crippen molar-refractivity contribution in [2.24, 2.45) is 5.10 Å². The Bertz CT molecular complexity index is 1850. The molecule has 5 aromatic carbocycles. The maximum atomic E-state index is 13.7. The lowest BCUT2D eigenvalue weighted by atomic mass is 10.1. The van der Waals surface area contributed by atoms with Crippen molar-refractivity contribution in [2.45, 2.75) is 25.0 Å². The number of hydrazone groups is 1. The number of aryl methyl sites for hydroxylation is 1. The van der Waals surface area contributed by atoms with Crippen molar-refractivity contribution in [3.05, 3.63) is 160 Å². The first-order valence-electron chi connectivity index (χ1n) is 13.8. The topological polar surface area (TPSA) is 88.1 Å². The SMILES string of the molecule is Cc1ccc(Cl)cc1N(Cc1ccc(C(=O)N/N=C/c2ccc(OCc3ccccc3)cc2)cc1)S(=O)(=O)c1ccccc1. The molecule has 7 nitrogen and oxygen atoms in total. The lowest BCUT2D eigenvalue weighted by Gasteiger charge is -2.26. The summed E-state index contributed by atoms with van der Waals surface area (Å²) >= 11 is 6.25. The first-order valence-corrected chi connectivity index (χ1v) is 15.6. The molecule has 0 radical (unpaired) electrons. The molecule has 44 heavy (non-hydrogen) atoms. The van der Waals surface area contributed by atoms with Crippen molar-refractivity contribution < 1.29 is 17.9 Å². The van der Waals surface area contributed by atoms with Crippen LogP contribution in [0.4, 0.5) is 5.69 Å². The fourth-order valence-electron chi connectivity index (χ4n) is 4.42. The third-order valence-electron chi connectivity index (χ3n) is 6.82. The molecule has 0 bridgehead atoms. The first kappa shape index (κ1) is 30.5. The number of hydrogen-bond acceptors (Lipinski definition) is 5. The molecule has 1 amide bonds. The van der Waals surface area contributed by atoms with Crippen molar-refractivity contribution >= 4 is 39.4 Å². The molecule has 0 aromatic heterocycles. The van der Waals surface area contributed by atoms with E-state index in [9.17, 15) is 13.2 Å². The van der Waals surface area contributed by atoms with Gasteiger partial charge in [0.1, 0.15) is 12.4 Å². The number of sulfonamides is 1. The highest BCUT2D eigenvalue weighted by Crippen LogP contribution is 2.31. The van der Waals surface area contributed by atoms with Crippen molar-refractivity contribution in [1.82, 2.24) is 5.43 Å². The lowest BCUT2D eigenvalue weighted by Crippen LogP contribution is -2.31. The number of nitrogens with one attached hydrogen (secondary N) is 1. The summed E-state index contributed by atoms with van der Waals surface area (Å²) in [6.07, 6.45) is 1.55. The Morgan fingerprint density at radius 1 is 0.841 bits per heavy atom. The standard InChI is InChI=1S/C35H30ClN3O4S/c1-26-12-19-31(36)22-34(26)39(44(41,42)33-10-6-3-7-11-33)24-28-13-17-30(18-14-28)35(40)38-37-23-27-15-20-32(21-16-27)43-25-29-8-4-2-5-9-29/h2-23H,24-25H2,1H3,(H,38,40)/b37-23+. The molecule has 0 fully saturated rings. The van der Waals surface area contributed by atoms with Gasteiger partial charge in [-0.3, -0.25) is 9.10 Å². The molecule has 222 valence electrons. The molecule has 0 saturated carbocycles. The van der Waals surface area contributed by atoms with Gasteiger partial charge < -0.3 is 4.74 Å². The largest absolute Gasteiger partial charge is 0.489 e. The van der Waals surface area contributed by atoms with Gasteiger partial charge in [0.05, 0.1) is 23.3 Å². The number of halogens is 1. The Hall–Kier alpha value is -4.92. The fraction of sp³-hybridized carbons (Fsp3) is 0.0857. The molecule has 5 rings (SSSR count). The molecule has 0 aliphatic rings. The van der Waals surface area contributed by atoms with Crippen molar-refractivity contribution in [1.29, 1.82) is 0 Å². The van der Waals surface area contributed by atoms with E-state index in [0.29, 0.717) is 28.4 Å². The van der Waals surface area contributed by atoms with E-state index in [-0.39, 0.29) is 11.4 Å². The summed E-state index contributed by atoms with van der Waals surface area (Å²) in [7, 11) is -3.91. The van der Waals surface area contributed by atoms with E-state index < -0.39 is 15.9 Å². The maximum Gasteiger partial charge on any atom is 0.271 e. The predicted molar refractivity (Wildman–Crippen MR) is 175 cm³/mol. The van der Waals surface area contributed by atoms with Crippen LogP contribution in [0.5, 0.6) is 5.75 Å². The van der Waals surface area contributed by atoms with E-state index in [1.54, 1.807) is 79.0 Å². The number of anilines is 1. The number of hydrogen-bond donors (Lipinski definition) is 1. The number of carbonyl (C=O) groups is 1. The Balaban J connectivity index is 1.23. The van der Waals surface area contributed by atoms with E-state index in [4.69, 9.17) is 16.3 Å². The smallest absolute Gasteiger partial charge is 0.271 e. The minimum Gasteiger partial charge on any atom is -0.489 e. The molecule has 0 saturated heterocycles. The predicted octanol–water partition coefficient (Wildman–Crippen LogP) is 7.39. The minimum absolute atomic E-state index is 0.0452. The molecule has 0 heterocycles. The van der Waals surface area contributed by atoms with Gasteiger partial charge in [-0.1, -0.05) is 78.3 Å². The minimum atomic E-state index is -3.91. The molecular formula is C35H30ClN3O4S. The van der Waals surface area contributed by atoms with Gasteiger partial charge in [0.15, 0.2) is 0 Å². The van der Waals surface area contributed by atoms with Gasteiger partial charge in [0.2, 0.25) is 0 Å². The van der Waals surface area contributed by atoms with Gasteiger partial charge in [0.25, 0.3) is 15.9 Å². The zero-order chi connectivity index (χ0) is 30.9. The first-order chi connectivity index (χ1) is 21.3. The molecule has 5 aromatic rings. The number of ether oxygens (including phenoxy) is 1. The summed E-state index contributed by atoms with van der Waals surface area (Å²) in [5.41, 5.74) is 6.73. The highest BCUT2D eigenvalue weighted by molar-refractivity contribution is 7.92. The Kier molecular flexibility index (Phi) is 9.74. The van der Waals surface area contributed by atoms with Crippen LogP contribution in [-0.4, -0.2) is 20.5 Å². The summed E-state index contributed by atoms with van der Waals surface area (Å²) in [5.74, 6) is 0.339. The van der Waals surface area contributed by atoms with E-state index in [1.165, 1.54) is 4.31 Å². The fourth-order valence-corrected chi connectivity index (χ4v) is 6.12. The van der Waals surface area contributed by atoms with Gasteiger partial charge in [-0.05, 0) is 89.8 Å². The summed E-state index contributed by atoms with van der Waals surface area (Å²) in [6, 6.07) is 37.4. The second-order valence-electron chi connectivity index (χ2n) is 9.99. The van der Waals surface area contributed by atoms with Crippen LogP contribution in [0.15, 0.2) is 137 Å². The van der Waals surface area contributed by atoms with Crippen LogP contribution in [0.1, 0.15) is 32.6 Å². The molecule has 0 spiro atoms. The third-order valence-corrected chi connectivity index (χ3v) is 8.83. The van der Waals surface area contributed by atoms with Crippen LogP contribution in [0.3, 0.4) is 0 Å². The number of rotatable bonds is 11. The highest BCUT2D eigenvalue weighted by atomic mass is 35.5. The zero-order valence-electron chi connectivity index (χ0n) is 23.9.